The van der Waals surface area contributed by atoms with Crippen molar-refractivity contribution >= 4 is 16.8 Å². The Bertz CT molecular complexity index is 567. The predicted molar refractivity (Wildman–Crippen MR) is 65.8 cm³/mol. The number of benzene rings is 1. The van der Waals surface area contributed by atoms with E-state index in [9.17, 15) is 4.79 Å². The highest BCUT2D eigenvalue weighted by atomic mass is 16.1. The van der Waals surface area contributed by atoms with Gasteiger partial charge in [-0.1, -0.05) is 0 Å². The van der Waals surface area contributed by atoms with Crippen LogP contribution in [0.2, 0.25) is 0 Å². The molecule has 0 fully saturated rings. The van der Waals surface area contributed by atoms with Gasteiger partial charge in [0.2, 0.25) is 0 Å². The van der Waals surface area contributed by atoms with Gasteiger partial charge in [-0.25, -0.2) is 0 Å². The van der Waals surface area contributed by atoms with Crippen LogP contribution < -0.4 is 5.32 Å². The summed E-state index contributed by atoms with van der Waals surface area (Å²) in [7, 11) is 3.69. The molecule has 0 bridgehead atoms. The number of hydrogen-bond donors (Lipinski definition) is 1. The molecule has 0 radical (unpaired) electrons. The van der Waals surface area contributed by atoms with Crippen LogP contribution in [0.25, 0.3) is 10.9 Å². The second-order valence-corrected chi connectivity index (χ2v) is 4.08. The van der Waals surface area contributed by atoms with Gasteiger partial charge in [0, 0.05) is 36.3 Å². The third-order valence-electron chi connectivity index (χ3n) is 3.30. The van der Waals surface area contributed by atoms with Crippen molar-refractivity contribution < 1.29 is 4.79 Å². The van der Waals surface area contributed by atoms with Gasteiger partial charge in [0.25, 0.3) is 5.91 Å². The maximum absolute atomic E-state index is 11.5. The summed E-state index contributed by atoms with van der Waals surface area (Å²) in [5, 5.41) is 3.79. The molecule has 0 aliphatic carbocycles. The number of fused-ring (bicyclic) bond motifs is 1. The van der Waals surface area contributed by atoms with Crippen LogP contribution in [-0.4, -0.2) is 17.5 Å². The van der Waals surface area contributed by atoms with Crippen LogP contribution in [0.15, 0.2) is 18.2 Å². The van der Waals surface area contributed by atoms with Crippen molar-refractivity contribution in [2.24, 2.45) is 7.05 Å². The molecule has 2 aromatic rings. The number of rotatable bonds is 1. The third-order valence-corrected chi connectivity index (χ3v) is 3.30. The molecule has 1 aromatic carbocycles. The summed E-state index contributed by atoms with van der Waals surface area (Å²) in [6, 6.07) is 5.82. The molecule has 1 heterocycles. The lowest BCUT2D eigenvalue weighted by Crippen LogP contribution is -2.17. The molecule has 1 N–H and O–H groups in total. The second-order valence-electron chi connectivity index (χ2n) is 4.08. The fraction of sp³-hybridized carbons (Fsp3) is 0.308. The van der Waals surface area contributed by atoms with Crippen molar-refractivity contribution in [3.63, 3.8) is 0 Å². The fourth-order valence-corrected chi connectivity index (χ4v) is 2.04. The zero-order chi connectivity index (χ0) is 11.9. The highest BCUT2D eigenvalue weighted by molar-refractivity contribution is 5.99. The van der Waals surface area contributed by atoms with Crippen molar-refractivity contribution in [1.29, 1.82) is 0 Å². The number of aromatic nitrogens is 1. The van der Waals surface area contributed by atoms with E-state index in [1.165, 1.54) is 16.8 Å². The third kappa shape index (κ3) is 1.40. The van der Waals surface area contributed by atoms with Gasteiger partial charge < -0.3 is 9.88 Å². The van der Waals surface area contributed by atoms with Crippen LogP contribution in [0.1, 0.15) is 21.6 Å². The van der Waals surface area contributed by atoms with Crippen molar-refractivity contribution in [2.75, 3.05) is 7.05 Å². The van der Waals surface area contributed by atoms with E-state index in [4.69, 9.17) is 0 Å². The highest BCUT2D eigenvalue weighted by Crippen LogP contribution is 2.24. The van der Waals surface area contributed by atoms with E-state index in [-0.39, 0.29) is 5.91 Å². The Morgan fingerprint density at radius 1 is 1.31 bits per heavy atom. The van der Waals surface area contributed by atoms with Gasteiger partial charge in [0.15, 0.2) is 0 Å². The number of nitrogens with one attached hydrogen (secondary N) is 1. The van der Waals surface area contributed by atoms with E-state index in [0.717, 1.165) is 5.39 Å². The molecule has 1 aromatic heterocycles. The average Bonchev–Trinajstić information content (AvgIpc) is 2.53. The van der Waals surface area contributed by atoms with Crippen molar-refractivity contribution in [3.05, 3.63) is 35.0 Å². The minimum Gasteiger partial charge on any atom is -0.355 e. The molecule has 0 spiro atoms. The average molecular weight is 216 g/mol. The van der Waals surface area contributed by atoms with Crippen molar-refractivity contribution in [2.45, 2.75) is 13.8 Å². The van der Waals surface area contributed by atoms with Gasteiger partial charge in [0.05, 0.1) is 0 Å². The number of aryl methyl sites for hydroxylation is 2. The second kappa shape index (κ2) is 3.67. The molecule has 84 valence electrons. The van der Waals surface area contributed by atoms with E-state index in [0.29, 0.717) is 5.56 Å². The predicted octanol–water partition coefficient (Wildman–Crippen LogP) is 2.15. The first-order chi connectivity index (χ1) is 7.56. The summed E-state index contributed by atoms with van der Waals surface area (Å²) in [4.78, 5) is 11.5. The normalized spacial score (nSPS) is 10.8. The molecule has 0 unspecified atom stereocenters. The first kappa shape index (κ1) is 10.7. The monoisotopic (exact) mass is 216 g/mol. The summed E-state index contributed by atoms with van der Waals surface area (Å²) < 4.78 is 2.15. The summed E-state index contributed by atoms with van der Waals surface area (Å²) in [5.41, 5.74) is 4.36. The molecule has 1 amide bonds. The van der Waals surface area contributed by atoms with Crippen LogP contribution in [0.4, 0.5) is 0 Å². The Balaban J connectivity index is 2.71. The van der Waals surface area contributed by atoms with E-state index in [2.05, 4.69) is 23.7 Å². The van der Waals surface area contributed by atoms with Gasteiger partial charge in [-0.15, -0.1) is 0 Å². The number of amides is 1. The van der Waals surface area contributed by atoms with Crippen molar-refractivity contribution in [3.8, 4) is 0 Å². The lowest BCUT2D eigenvalue weighted by atomic mass is 10.1. The van der Waals surface area contributed by atoms with Crippen LogP contribution in [-0.2, 0) is 7.05 Å². The summed E-state index contributed by atoms with van der Waals surface area (Å²) in [6.07, 6.45) is 0. The van der Waals surface area contributed by atoms with E-state index >= 15 is 0 Å². The van der Waals surface area contributed by atoms with E-state index in [1.54, 1.807) is 7.05 Å². The fourth-order valence-electron chi connectivity index (χ4n) is 2.04. The van der Waals surface area contributed by atoms with Crippen LogP contribution in [0.5, 0.6) is 0 Å². The minimum absolute atomic E-state index is 0.0391. The molecule has 0 aliphatic rings. The number of nitrogens with zero attached hydrogens (tertiary/aromatic N) is 1. The van der Waals surface area contributed by atoms with Gasteiger partial charge in [-0.3, -0.25) is 4.79 Å². The molecule has 0 saturated heterocycles. The molecule has 2 rings (SSSR count). The van der Waals surface area contributed by atoms with Gasteiger partial charge >= 0.3 is 0 Å². The topological polar surface area (TPSA) is 34.0 Å². The standard InChI is InChI=1S/C13H16N2O/c1-8-9(2)15(4)12-6-5-10(7-11(8)12)13(16)14-3/h5-7H,1-4H3,(H,14,16). The summed E-state index contributed by atoms with van der Waals surface area (Å²) in [5.74, 6) is -0.0391. The molecule has 3 nitrogen and oxygen atoms in total. The molecular weight excluding hydrogens is 200 g/mol. The summed E-state index contributed by atoms with van der Waals surface area (Å²) in [6.45, 7) is 4.18. The molecule has 0 aliphatic heterocycles. The summed E-state index contributed by atoms with van der Waals surface area (Å²) >= 11 is 0. The van der Waals surface area contributed by atoms with Crippen LogP contribution in [0.3, 0.4) is 0 Å². The zero-order valence-corrected chi connectivity index (χ0v) is 10.1. The van der Waals surface area contributed by atoms with Gasteiger partial charge in [-0.2, -0.15) is 0 Å². The molecular formula is C13H16N2O. The lowest BCUT2D eigenvalue weighted by molar-refractivity contribution is 0.0963. The van der Waals surface area contributed by atoms with Crippen LogP contribution in [0, 0.1) is 13.8 Å². The van der Waals surface area contributed by atoms with Gasteiger partial charge in [-0.05, 0) is 37.6 Å². The largest absolute Gasteiger partial charge is 0.355 e. The molecule has 0 saturated carbocycles. The number of hydrogen-bond acceptors (Lipinski definition) is 1. The quantitative estimate of drug-likeness (QED) is 0.778. The van der Waals surface area contributed by atoms with Gasteiger partial charge in [0.1, 0.15) is 0 Å². The maximum atomic E-state index is 11.5. The Morgan fingerprint density at radius 3 is 2.62 bits per heavy atom. The molecule has 16 heavy (non-hydrogen) atoms. The highest BCUT2D eigenvalue weighted by Gasteiger charge is 2.10. The lowest BCUT2D eigenvalue weighted by Gasteiger charge is -2.01. The van der Waals surface area contributed by atoms with Crippen LogP contribution >= 0.6 is 0 Å². The van der Waals surface area contributed by atoms with Crippen molar-refractivity contribution in [1.82, 2.24) is 9.88 Å². The smallest absolute Gasteiger partial charge is 0.251 e. The maximum Gasteiger partial charge on any atom is 0.251 e. The number of carbonyl (C=O) groups excluding carboxylic acids is 1. The Kier molecular flexibility index (Phi) is 2.46. The van der Waals surface area contributed by atoms with E-state index in [1.807, 2.05) is 25.2 Å². The zero-order valence-electron chi connectivity index (χ0n) is 10.1. The SMILES string of the molecule is CNC(=O)c1ccc2c(c1)c(C)c(C)n2C. The number of carbonyl (C=O) groups is 1. The first-order valence-corrected chi connectivity index (χ1v) is 5.34. The van der Waals surface area contributed by atoms with E-state index < -0.39 is 0 Å². The first-order valence-electron chi connectivity index (χ1n) is 5.34. The molecule has 0 atom stereocenters. The molecule has 3 heteroatoms. The Hall–Kier alpha value is -1.77. The minimum atomic E-state index is -0.0391. The Morgan fingerprint density at radius 2 is 2.00 bits per heavy atom. The Labute approximate surface area is 95.1 Å².